The Hall–Kier alpha value is -2.24. The molecular weight excluding hydrogens is 510 g/mol. The number of nitrogens with one attached hydrogen (secondary N) is 1. The molecule has 5 N–H and O–H groups in total. The van der Waals surface area contributed by atoms with Gasteiger partial charge in [0, 0.05) is 19.4 Å². The van der Waals surface area contributed by atoms with Gasteiger partial charge in [-0.3, -0.25) is 9.11 Å². The fraction of sp³-hybridized carbons (Fsp3) is 0.500. The van der Waals surface area contributed by atoms with Crippen LogP contribution in [0.3, 0.4) is 0 Å². The summed E-state index contributed by atoms with van der Waals surface area (Å²) < 4.78 is 88.9. The Morgan fingerprint density at radius 3 is 1.94 bits per heavy atom. The van der Waals surface area contributed by atoms with Crippen LogP contribution in [-0.4, -0.2) is 62.1 Å². The van der Waals surface area contributed by atoms with Gasteiger partial charge in [0.15, 0.2) is 0 Å². The van der Waals surface area contributed by atoms with Crippen molar-refractivity contribution in [3.05, 3.63) is 35.4 Å². The van der Waals surface area contributed by atoms with Crippen molar-refractivity contribution in [1.29, 1.82) is 0 Å². The van der Waals surface area contributed by atoms with Crippen molar-refractivity contribution in [1.82, 2.24) is 19.7 Å². The lowest BCUT2D eigenvalue weighted by molar-refractivity contribution is 0.477. The van der Waals surface area contributed by atoms with E-state index in [4.69, 9.17) is 5.73 Å². The Labute approximate surface area is 200 Å². The standard InChI is InChI=1S/C14H19N5O8S3.2C2H6/c1-28(20,21)16-6-2-3-12-17-13(19-14(15)18-12)8-9-7-10(29(22,23)24)4-5-11(9)30(25,26)27;2*1-2/h4-5,7,16H,2-3,6,8H2,1H3,(H,22,23,24)(H,25,26,27)(H2,15,17,18,19);2*1-2H3. The zero-order valence-corrected chi connectivity index (χ0v) is 22.0. The quantitative estimate of drug-likeness (QED) is 0.259. The molecule has 0 aliphatic heterocycles. The van der Waals surface area contributed by atoms with Crippen LogP contribution >= 0.6 is 0 Å². The van der Waals surface area contributed by atoms with E-state index in [0.717, 1.165) is 24.5 Å². The van der Waals surface area contributed by atoms with Crippen LogP contribution in [0.4, 0.5) is 5.95 Å². The molecule has 34 heavy (non-hydrogen) atoms. The second kappa shape index (κ2) is 13.6. The van der Waals surface area contributed by atoms with E-state index in [1.165, 1.54) is 0 Å². The Morgan fingerprint density at radius 1 is 0.882 bits per heavy atom. The smallest absolute Gasteiger partial charge is 0.294 e. The molecule has 16 heteroatoms. The van der Waals surface area contributed by atoms with Crippen molar-refractivity contribution in [2.75, 3.05) is 18.5 Å². The van der Waals surface area contributed by atoms with Gasteiger partial charge in [0.2, 0.25) is 16.0 Å². The molecule has 1 heterocycles. The van der Waals surface area contributed by atoms with Crippen molar-refractivity contribution in [3.8, 4) is 0 Å². The average Bonchev–Trinajstić information content (AvgIpc) is 2.72. The number of nitrogen functional groups attached to an aromatic ring is 1. The van der Waals surface area contributed by atoms with Crippen LogP contribution in [0.5, 0.6) is 0 Å². The molecule has 0 aliphatic rings. The molecule has 0 amide bonds. The number of rotatable bonds is 9. The van der Waals surface area contributed by atoms with Gasteiger partial charge < -0.3 is 5.73 Å². The van der Waals surface area contributed by atoms with Gasteiger partial charge in [-0.05, 0) is 30.2 Å². The summed E-state index contributed by atoms with van der Waals surface area (Å²) in [4.78, 5) is 10.7. The topological polar surface area (TPSA) is 220 Å². The number of aromatic nitrogens is 3. The van der Waals surface area contributed by atoms with E-state index in [1.807, 2.05) is 27.7 Å². The van der Waals surface area contributed by atoms with Crippen LogP contribution in [0, 0.1) is 0 Å². The SMILES string of the molecule is CC.CC.CS(=O)(=O)NCCCc1nc(N)nc(Cc2cc(S(=O)(=O)O)ccc2S(=O)(=O)O)n1. The van der Waals surface area contributed by atoms with Crippen molar-refractivity contribution in [3.63, 3.8) is 0 Å². The molecule has 194 valence electrons. The second-order valence-corrected chi connectivity index (χ2v) is 10.8. The monoisotopic (exact) mass is 541 g/mol. The van der Waals surface area contributed by atoms with Crippen LogP contribution < -0.4 is 10.5 Å². The van der Waals surface area contributed by atoms with Gasteiger partial charge in [-0.15, -0.1) is 0 Å². The summed E-state index contributed by atoms with van der Waals surface area (Å²) >= 11 is 0. The maximum absolute atomic E-state index is 11.6. The highest BCUT2D eigenvalue weighted by Crippen LogP contribution is 2.22. The zero-order valence-electron chi connectivity index (χ0n) is 19.5. The van der Waals surface area contributed by atoms with Crippen LogP contribution in [0.15, 0.2) is 28.0 Å². The van der Waals surface area contributed by atoms with Crippen molar-refractivity contribution < 1.29 is 34.4 Å². The third-order valence-electron chi connectivity index (χ3n) is 3.64. The van der Waals surface area contributed by atoms with E-state index >= 15 is 0 Å². The fourth-order valence-corrected chi connectivity index (χ4v) is 4.21. The number of benzene rings is 1. The molecule has 0 atom stereocenters. The molecule has 0 bridgehead atoms. The molecule has 2 rings (SSSR count). The molecule has 1 aromatic heterocycles. The van der Waals surface area contributed by atoms with Gasteiger partial charge in [-0.25, -0.2) is 18.1 Å². The Kier molecular flexibility index (Phi) is 12.7. The zero-order chi connectivity index (χ0) is 26.7. The van der Waals surface area contributed by atoms with Crippen LogP contribution in [0.25, 0.3) is 0 Å². The van der Waals surface area contributed by atoms with Crippen molar-refractivity contribution in [2.24, 2.45) is 0 Å². The minimum absolute atomic E-state index is 0.0223. The molecular formula is C18H31N5O8S3. The van der Waals surface area contributed by atoms with E-state index in [1.54, 1.807) is 0 Å². The first-order valence-corrected chi connectivity index (χ1v) is 14.9. The van der Waals surface area contributed by atoms with Crippen LogP contribution in [0.2, 0.25) is 0 Å². The molecule has 0 saturated heterocycles. The molecule has 1 aromatic carbocycles. The summed E-state index contributed by atoms with van der Waals surface area (Å²) in [6, 6.07) is 2.52. The molecule has 0 radical (unpaired) electrons. The average molecular weight is 542 g/mol. The number of nitrogens with two attached hydrogens (primary N) is 1. The summed E-state index contributed by atoms with van der Waals surface area (Å²) in [5.41, 5.74) is 5.44. The van der Waals surface area contributed by atoms with Gasteiger partial charge in [0.05, 0.1) is 16.0 Å². The first-order chi connectivity index (χ1) is 15.6. The Morgan fingerprint density at radius 2 is 1.44 bits per heavy atom. The molecule has 0 fully saturated rings. The molecule has 13 nitrogen and oxygen atoms in total. The number of nitrogens with zero attached hydrogens (tertiary/aromatic N) is 3. The van der Waals surface area contributed by atoms with E-state index in [2.05, 4.69) is 19.7 Å². The summed E-state index contributed by atoms with van der Waals surface area (Å²) in [7, 11) is -12.7. The highest BCUT2D eigenvalue weighted by atomic mass is 32.2. The number of hydrogen-bond donors (Lipinski definition) is 4. The second-order valence-electron chi connectivity index (χ2n) is 6.19. The lowest BCUT2D eigenvalue weighted by Crippen LogP contribution is -2.23. The molecule has 2 aromatic rings. The molecule has 0 aliphatic carbocycles. The predicted molar refractivity (Wildman–Crippen MR) is 127 cm³/mol. The first kappa shape index (κ1) is 31.8. The highest BCUT2D eigenvalue weighted by molar-refractivity contribution is 7.88. The van der Waals surface area contributed by atoms with Crippen molar-refractivity contribution in [2.45, 2.75) is 56.7 Å². The maximum Gasteiger partial charge on any atom is 0.294 e. The van der Waals surface area contributed by atoms with Crippen LogP contribution in [0.1, 0.15) is 51.3 Å². The van der Waals surface area contributed by atoms with E-state index in [9.17, 15) is 34.4 Å². The minimum atomic E-state index is -4.71. The predicted octanol–water partition coefficient (Wildman–Crippen LogP) is 1.07. The highest BCUT2D eigenvalue weighted by Gasteiger charge is 2.21. The largest absolute Gasteiger partial charge is 0.368 e. The van der Waals surface area contributed by atoms with Gasteiger partial charge in [0.1, 0.15) is 11.6 Å². The summed E-state index contributed by atoms with van der Waals surface area (Å²) in [5, 5.41) is 0. The fourth-order valence-electron chi connectivity index (χ4n) is 2.46. The van der Waals surface area contributed by atoms with Gasteiger partial charge in [0.25, 0.3) is 20.2 Å². The molecule has 0 spiro atoms. The number of hydrogen-bond acceptors (Lipinski definition) is 10. The molecule has 0 unspecified atom stereocenters. The lowest BCUT2D eigenvalue weighted by atomic mass is 10.1. The van der Waals surface area contributed by atoms with E-state index < -0.39 is 40.1 Å². The third kappa shape index (κ3) is 11.3. The lowest BCUT2D eigenvalue weighted by Gasteiger charge is -2.10. The number of aryl methyl sites for hydroxylation is 1. The van der Waals surface area contributed by atoms with Crippen molar-refractivity contribution >= 4 is 36.2 Å². The van der Waals surface area contributed by atoms with Gasteiger partial charge >= 0.3 is 0 Å². The molecule has 0 saturated carbocycles. The normalized spacial score (nSPS) is 11.6. The van der Waals surface area contributed by atoms with E-state index in [0.29, 0.717) is 6.42 Å². The number of anilines is 1. The number of sulfonamides is 1. The third-order valence-corrected chi connectivity index (χ3v) is 6.18. The summed E-state index contributed by atoms with van der Waals surface area (Å²) in [6.07, 6.45) is 1.22. The Bertz CT molecular complexity index is 1260. The first-order valence-electron chi connectivity index (χ1n) is 10.2. The maximum atomic E-state index is 11.6. The van der Waals surface area contributed by atoms with Gasteiger partial charge in [-0.1, -0.05) is 27.7 Å². The summed E-state index contributed by atoms with van der Waals surface area (Å²) in [6.45, 7) is 8.13. The summed E-state index contributed by atoms with van der Waals surface area (Å²) in [5.74, 6) is -0.0106. The minimum Gasteiger partial charge on any atom is -0.368 e. The van der Waals surface area contributed by atoms with Gasteiger partial charge in [-0.2, -0.15) is 26.8 Å². The Balaban J connectivity index is 0.00000258. The van der Waals surface area contributed by atoms with E-state index in [-0.39, 0.29) is 42.5 Å². The van der Waals surface area contributed by atoms with Crippen LogP contribution in [-0.2, 0) is 43.1 Å².